The van der Waals surface area contributed by atoms with Crippen LogP contribution in [0.1, 0.15) is 12.0 Å². The Balaban J connectivity index is 1.44. The lowest BCUT2D eigenvalue weighted by atomic mass is 10.2. The van der Waals surface area contributed by atoms with Gasteiger partial charge >= 0.3 is 0 Å². The van der Waals surface area contributed by atoms with Gasteiger partial charge in [0.15, 0.2) is 0 Å². The van der Waals surface area contributed by atoms with Gasteiger partial charge in [-0.25, -0.2) is 4.39 Å². The van der Waals surface area contributed by atoms with Crippen molar-refractivity contribution >= 4 is 33.2 Å². The lowest BCUT2D eigenvalue weighted by molar-refractivity contribution is -0.900. The second kappa shape index (κ2) is 8.64. The first-order chi connectivity index (χ1) is 12.5. The van der Waals surface area contributed by atoms with Gasteiger partial charge in [-0.15, -0.1) is 0 Å². The van der Waals surface area contributed by atoms with Gasteiger partial charge in [-0.2, -0.15) is 0 Å². The van der Waals surface area contributed by atoms with Crippen molar-refractivity contribution in [1.29, 1.82) is 0 Å². The van der Waals surface area contributed by atoms with Crippen LogP contribution >= 0.6 is 15.9 Å². The van der Waals surface area contributed by atoms with Gasteiger partial charge in [0.05, 0.1) is 44.8 Å². The number of nitrogens with zero attached hydrogens (tertiary/aromatic N) is 1. The van der Waals surface area contributed by atoms with Crippen molar-refractivity contribution in [3.05, 3.63) is 58.3 Å². The average Bonchev–Trinajstić information content (AvgIpc) is 2.64. The highest BCUT2D eigenvalue weighted by molar-refractivity contribution is 9.10. The summed E-state index contributed by atoms with van der Waals surface area (Å²) in [6.45, 7) is 6.25. The Labute approximate surface area is 162 Å². The molecular weight excluding hydrogens is 397 g/mol. The number of carbonyl (C=O) groups excluding carboxylic acids is 1. The molecule has 1 aliphatic rings. The predicted molar refractivity (Wildman–Crippen MR) is 106 cm³/mol. The number of halogens is 2. The van der Waals surface area contributed by atoms with Gasteiger partial charge in [-0.05, 0) is 42.8 Å². The summed E-state index contributed by atoms with van der Waals surface area (Å²) in [5.41, 5.74) is 2.60. The first-order valence-electron chi connectivity index (χ1n) is 8.92. The van der Waals surface area contributed by atoms with Gasteiger partial charge < -0.3 is 15.1 Å². The van der Waals surface area contributed by atoms with Crippen LogP contribution in [0.2, 0.25) is 0 Å². The van der Waals surface area contributed by atoms with Crippen LogP contribution < -0.4 is 15.1 Å². The van der Waals surface area contributed by atoms with Crippen LogP contribution in [-0.2, 0) is 4.79 Å². The first-order valence-corrected chi connectivity index (χ1v) is 9.71. The zero-order valence-electron chi connectivity index (χ0n) is 14.9. The number of piperazine rings is 1. The Morgan fingerprint density at radius 2 is 1.96 bits per heavy atom. The van der Waals surface area contributed by atoms with Crippen LogP contribution in [0.15, 0.2) is 46.9 Å². The third-order valence-electron chi connectivity index (χ3n) is 4.81. The molecule has 1 amide bonds. The van der Waals surface area contributed by atoms with Crippen molar-refractivity contribution in [3.63, 3.8) is 0 Å². The number of amides is 1. The molecule has 0 unspecified atom stereocenters. The number of anilines is 2. The van der Waals surface area contributed by atoms with Gasteiger partial charge in [0.25, 0.3) is 0 Å². The van der Waals surface area contributed by atoms with Crippen LogP contribution in [0.25, 0.3) is 0 Å². The molecule has 1 fully saturated rings. The van der Waals surface area contributed by atoms with Crippen molar-refractivity contribution < 1.29 is 14.1 Å². The van der Waals surface area contributed by atoms with Crippen molar-refractivity contribution in [2.45, 2.75) is 13.3 Å². The summed E-state index contributed by atoms with van der Waals surface area (Å²) in [4.78, 5) is 15.7. The maximum absolute atomic E-state index is 13.9. The minimum absolute atomic E-state index is 0.0377. The molecule has 4 nitrogen and oxygen atoms in total. The standard InChI is InChI=1S/C20H23BrFN3O/c1-15-14-16(6-7-17(15)21)23-20(26)8-9-24-10-12-25(13-11-24)19-5-3-2-4-18(19)22/h2-7,14H,8-13H2,1H3,(H,23,26)/p+1. The first kappa shape index (κ1) is 18.9. The number of hydrogen-bond acceptors (Lipinski definition) is 2. The molecule has 1 aliphatic heterocycles. The third kappa shape index (κ3) is 4.83. The van der Waals surface area contributed by atoms with Crippen LogP contribution in [0.4, 0.5) is 15.8 Å². The van der Waals surface area contributed by atoms with Gasteiger partial charge in [0, 0.05) is 10.2 Å². The Kier molecular flexibility index (Phi) is 6.27. The Morgan fingerprint density at radius 3 is 2.65 bits per heavy atom. The number of rotatable bonds is 5. The lowest BCUT2D eigenvalue weighted by Crippen LogP contribution is -3.15. The van der Waals surface area contributed by atoms with Crippen molar-refractivity contribution in [2.24, 2.45) is 0 Å². The molecule has 0 bridgehead atoms. The predicted octanol–water partition coefficient (Wildman–Crippen LogP) is 2.63. The molecule has 26 heavy (non-hydrogen) atoms. The molecule has 3 rings (SSSR count). The lowest BCUT2D eigenvalue weighted by Gasteiger charge is -2.33. The highest BCUT2D eigenvalue weighted by atomic mass is 79.9. The molecule has 1 saturated heterocycles. The second-order valence-corrected chi connectivity index (χ2v) is 7.55. The van der Waals surface area contributed by atoms with Crippen LogP contribution in [0.3, 0.4) is 0 Å². The topological polar surface area (TPSA) is 36.8 Å². The molecule has 2 N–H and O–H groups in total. The molecule has 0 spiro atoms. The van der Waals surface area contributed by atoms with E-state index in [0.29, 0.717) is 12.1 Å². The van der Waals surface area contributed by atoms with E-state index in [1.54, 1.807) is 6.07 Å². The number of aryl methyl sites for hydroxylation is 1. The number of nitrogens with one attached hydrogen (secondary N) is 2. The fourth-order valence-corrected chi connectivity index (χ4v) is 3.50. The van der Waals surface area contributed by atoms with E-state index in [9.17, 15) is 9.18 Å². The summed E-state index contributed by atoms with van der Waals surface area (Å²) in [6.07, 6.45) is 0.490. The number of hydrogen-bond donors (Lipinski definition) is 2. The van der Waals surface area contributed by atoms with E-state index in [1.165, 1.54) is 11.0 Å². The van der Waals surface area contributed by atoms with Gasteiger partial charge in [-0.3, -0.25) is 4.79 Å². The van der Waals surface area contributed by atoms with Crippen LogP contribution in [0.5, 0.6) is 0 Å². The van der Waals surface area contributed by atoms with E-state index in [-0.39, 0.29) is 11.7 Å². The Bertz CT molecular complexity index is 775. The average molecular weight is 421 g/mol. The zero-order valence-corrected chi connectivity index (χ0v) is 16.5. The second-order valence-electron chi connectivity index (χ2n) is 6.70. The van der Waals surface area contributed by atoms with E-state index < -0.39 is 0 Å². The molecule has 1 heterocycles. The fourth-order valence-electron chi connectivity index (χ4n) is 3.26. The summed E-state index contributed by atoms with van der Waals surface area (Å²) in [6, 6.07) is 12.7. The maximum Gasteiger partial charge on any atom is 0.230 e. The van der Waals surface area contributed by atoms with Gasteiger partial charge in [0.1, 0.15) is 5.82 Å². The quantitative estimate of drug-likeness (QED) is 0.779. The van der Waals surface area contributed by atoms with E-state index in [4.69, 9.17) is 0 Å². The molecule has 0 aliphatic carbocycles. The number of quaternary nitrogens is 1. The zero-order chi connectivity index (χ0) is 18.5. The summed E-state index contributed by atoms with van der Waals surface area (Å²) in [5.74, 6) is -0.129. The summed E-state index contributed by atoms with van der Waals surface area (Å²) in [7, 11) is 0. The highest BCUT2D eigenvalue weighted by Gasteiger charge is 2.22. The van der Waals surface area contributed by atoms with Crippen molar-refractivity contribution in [3.8, 4) is 0 Å². The minimum Gasteiger partial charge on any atom is -0.358 e. The summed E-state index contributed by atoms with van der Waals surface area (Å²) >= 11 is 3.46. The third-order valence-corrected chi connectivity index (χ3v) is 5.70. The van der Waals surface area contributed by atoms with Crippen LogP contribution in [0, 0.1) is 12.7 Å². The Morgan fingerprint density at radius 1 is 1.23 bits per heavy atom. The van der Waals surface area contributed by atoms with E-state index in [0.717, 1.165) is 48.4 Å². The molecule has 0 saturated carbocycles. The normalized spacial score (nSPS) is 15.1. The number of para-hydroxylation sites is 1. The molecule has 0 atom stereocenters. The number of benzene rings is 2. The Hall–Kier alpha value is -1.92. The van der Waals surface area contributed by atoms with E-state index >= 15 is 0 Å². The molecule has 138 valence electrons. The van der Waals surface area contributed by atoms with Crippen molar-refractivity contribution in [2.75, 3.05) is 42.9 Å². The monoisotopic (exact) mass is 420 g/mol. The fraction of sp³-hybridized carbons (Fsp3) is 0.350. The number of carbonyl (C=O) groups is 1. The summed E-state index contributed by atoms with van der Waals surface area (Å²) < 4.78 is 14.9. The highest BCUT2D eigenvalue weighted by Crippen LogP contribution is 2.20. The largest absolute Gasteiger partial charge is 0.358 e. The van der Waals surface area contributed by atoms with E-state index in [1.807, 2.05) is 37.3 Å². The van der Waals surface area contributed by atoms with E-state index in [2.05, 4.69) is 26.1 Å². The molecule has 2 aromatic rings. The molecule has 6 heteroatoms. The van der Waals surface area contributed by atoms with Crippen molar-refractivity contribution in [1.82, 2.24) is 0 Å². The molecule has 2 aromatic carbocycles. The molecule has 0 radical (unpaired) electrons. The molecular formula is C20H24BrFN3O+. The van der Waals surface area contributed by atoms with Gasteiger partial charge in [-0.1, -0.05) is 28.1 Å². The minimum atomic E-state index is -0.167. The van der Waals surface area contributed by atoms with Crippen LogP contribution in [-0.4, -0.2) is 38.6 Å². The molecule has 0 aromatic heterocycles. The maximum atomic E-state index is 13.9. The van der Waals surface area contributed by atoms with Gasteiger partial charge in [0.2, 0.25) is 5.91 Å². The SMILES string of the molecule is Cc1cc(NC(=O)CC[NH+]2CCN(c3ccccc3F)CC2)ccc1Br. The summed E-state index contributed by atoms with van der Waals surface area (Å²) in [5, 5.41) is 2.96. The smallest absolute Gasteiger partial charge is 0.230 e.